The maximum absolute atomic E-state index is 14.0. The van der Waals surface area contributed by atoms with Crippen molar-refractivity contribution in [3.05, 3.63) is 77.1 Å². The first-order valence-electron chi connectivity index (χ1n) is 13.0. The molecule has 1 aliphatic rings. The number of allylic oxidation sites excluding steroid dienone is 1. The molecule has 0 aliphatic carbocycles. The molecule has 200 valence electrons. The second-order valence-corrected chi connectivity index (χ2v) is 10.3. The number of hydrogen-bond acceptors (Lipinski definition) is 5. The van der Waals surface area contributed by atoms with Crippen LogP contribution >= 0.6 is 0 Å². The summed E-state index contributed by atoms with van der Waals surface area (Å²) in [6.45, 7) is 10.5. The second-order valence-electron chi connectivity index (χ2n) is 10.3. The molecule has 38 heavy (non-hydrogen) atoms. The minimum absolute atomic E-state index is 0.198. The number of esters is 1. The first-order chi connectivity index (χ1) is 18.1. The molecule has 0 aromatic heterocycles. The van der Waals surface area contributed by atoms with Gasteiger partial charge in [-0.2, -0.15) is 0 Å². The Bertz CT molecular complexity index is 1380. The Hall–Kier alpha value is -3.80. The molecule has 0 atom stereocenters. The minimum Gasteiger partial charge on any atom is -0.496 e. The third-order valence-electron chi connectivity index (χ3n) is 6.69. The molecule has 0 radical (unpaired) electrons. The van der Waals surface area contributed by atoms with E-state index in [1.165, 1.54) is 12.1 Å². The quantitative estimate of drug-likeness (QED) is 0.230. The molecule has 3 aromatic carbocycles. The number of fused-ring (bicyclic) bond motifs is 1. The van der Waals surface area contributed by atoms with Gasteiger partial charge in [0.25, 0.3) is 0 Å². The van der Waals surface area contributed by atoms with Crippen molar-refractivity contribution in [2.24, 2.45) is 0 Å². The third kappa shape index (κ3) is 6.01. The lowest BCUT2D eigenvalue weighted by atomic mass is 9.85. The molecular formula is C32H36FNO4. The average Bonchev–Trinajstić information content (AvgIpc) is 2.87. The summed E-state index contributed by atoms with van der Waals surface area (Å²) < 4.78 is 31.5. The Kier molecular flexibility index (Phi) is 8.10. The van der Waals surface area contributed by atoms with Crippen molar-refractivity contribution in [3.63, 3.8) is 0 Å². The van der Waals surface area contributed by atoms with E-state index in [4.69, 9.17) is 14.2 Å². The zero-order valence-electron chi connectivity index (χ0n) is 23.0. The monoisotopic (exact) mass is 517 g/mol. The number of carbonyl (C=O) groups is 1. The van der Waals surface area contributed by atoms with Gasteiger partial charge in [0.05, 0.1) is 12.6 Å². The number of anilines is 1. The van der Waals surface area contributed by atoms with Crippen LogP contribution in [0.5, 0.6) is 17.2 Å². The van der Waals surface area contributed by atoms with Gasteiger partial charge in [-0.05, 0) is 75.1 Å². The first-order valence-corrected chi connectivity index (χ1v) is 13.0. The molecular weight excluding hydrogens is 481 g/mol. The highest BCUT2D eigenvalue weighted by atomic mass is 19.1. The maximum atomic E-state index is 14.0. The normalized spacial score (nSPS) is 13.7. The molecule has 0 amide bonds. The maximum Gasteiger partial charge on any atom is 0.311 e. The number of hydrogen-bond donors (Lipinski definition) is 1. The molecule has 0 bridgehead atoms. The van der Waals surface area contributed by atoms with Crippen molar-refractivity contribution in [1.82, 2.24) is 0 Å². The number of ether oxygens (including phenoxy) is 3. The molecule has 0 fully saturated rings. The molecule has 4 rings (SSSR count). The number of benzene rings is 3. The van der Waals surface area contributed by atoms with Crippen molar-refractivity contribution < 1.29 is 23.4 Å². The Morgan fingerprint density at radius 3 is 2.50 bits per heavy atom. The van der Waals surface area contributed by atoms with E-state index in [-0.39, 0.29) is 23.9 Å². The minimum atomic E-state index is -0.342. The zero-order valence-corrected chi connectivity index (χ0v) is 23.0. The fourth-order valence-electron chi connectivity index (χ4n) is 4.94. The smallest absolute Gasteiger partial charge is 0.311 e. The lowest BCUT2D eigenvalue weighted by Gasteiger charge is -2.33. The average molecular weight is 518 g/mol. The van der Waals surface area contributed by atoms with Crippen LogP contribution in [0.2, 0.25) is 0 Å². The van der Waals surface area contributed by atoms with E-state index in [1.54, 1.807) is 25.3 Å². The summed E-state index contributed by atoms with van der Waals surface area (Å²) in [5.74, 6) is 0.924. The number of aryl methyl sites for hydroxylation is 1. The second kappa shape index (κ2) is 11.3. The topological polar surface area (TPSA) is 56.8 Å². The fourth-order valence-corrected chi connectivity index (χ4v) is 4.94. The van der Waals surface area contributed by atoms with Crippen LogP contribution in [0.25, 0.3) is 16.7 Å². The van der Waals surface area contributed by atoms with Crippen LogP contribution in [-0.4, -0.2) is 18.6 Å². The molecule has 1 aliphatic heterocycles. The Balaban J connectivity index is 1.78. The van der Waals surface area contributed by atoms with Crippen LogP contribution < -0.4 is 19.5 Å². The first kappa shape index (κ1) is 27.2. The summed E-state index contributed by atoms with van der Waals surface area (Å²) in [6.07, 6.45) is 4.29. The van der Waals surface area contributed by atoms with E-state index in [2.05, 4.69) is 38.2 Å². The highest BCUT2D eigenvalue weighted by Gasteiger charge is 2.27. The molecule has 5 nitrogen and oxygen atoms in total. The van der Waals surface area contributed by atoms with Gasteiger partial charge >= 0.3 is 5.97 Å². The largest absolute Gasteiger partial charge is 0.496 e. The fraction of sp³-hybridized carbons (Fsp3) is 0.344. The number of nitrogens with one attached hydrogen (secondary N) is 1. The third-order valence-corrected chi connectivity index (χ3v) is 6.69. The summed E-state index contributed by atoms with van der Waals surface area (Å²) in [4.78, 5) is 12.2. The summed E-state index contributed by atoms with van der Waals surface area (Å²) in [5.41, 5.74) is 6.56. The standard InChI is InChI=1S/C32H36FNO4/c1-7-8-9-30(35)38-23-12-13-25(29(17-23)36-6)24-14-15-27-31(21(3)18-32(4,5)34-27)26(24)19-37-28-16-22(33)11-10-20(28)2/h10-18,34H,7-9,19H2,1-6H3. The van der Waals surface area contributed by atoms with Crippen molar-refractivity contribution in [2.75, 3.05) is 12.4 Å². The van der Waals surface area contributed by atoms with E-state index < -0.39 is 0 Å². The van der Waals surface area contributed by atoms with Gasteiger partial charge in [-0.25, -0.2) is 4.39 Å². The summed E-state index contributed by atoms with van der Waals surface area (Å²) in [7, 11) is 1.60. The highest BCUT2D eigenvalue weighted by Crippen LogP contribution is 2.43. The molecule has 1 heterocycles. The zero-order chi connectivity index (χ0) is 27.4. The summed E-state index contributed by atoms with van der Waals surface area (Å²) in [6, 6.07) is 14.1. The lowest BCUT2D eigenvalue weighted by molar-refractivity contribution is -0.134. The summed E-state index contributed by atoms with van der Waals surface area (Å²) >= 11 is 0. The molecule has 0 saturated heterocycles. The van der Waals surface area contributed by atoms with Crippen LogP contribution in [0.4, 0.5) is 10.1 Å². The number of halogens is 1. The predicted molar refractivity (Wildman–Crippen MR) is 150 cm³/mol. The van der Waals surface area contributed by atoms with Crippen molar-refractivity contribution in [2.45, 2.75) is 66.0 Å². The van der Waals surface area contributed by atoms with Crippen LogP contribution in [-0.2, 0) is 11.4 Å². The van der Waals surface area contributed by atoms with Gasteiger partial charge in [0.2, 0.25) is 0 Å². The molecule has 0 spiro atoms. The van der Waals surface area contributed by atoms with Gasteiger partial charge in [0, 0.05) is 40.9 Å². The SMILES string of the molecule is CCCCC(=O)Oc1ccc(-c2ccc3c(c2COc2cc(F)ccc2C)C(C)=CC(C)(C)N3)c(OC)c1. The number of methoxy groups -OCH3 is 1. The highest BCUT2D eigenvalue weighted by molar-refractivity contribution is 5.88. The Morgan fingerprint density at radius 2 is 1.76 bits per heavy atom. The predicted octanol–water partition coefficient (Wildman–Crippen LogP) is 8.09. The van der Waals surface area contributed by atoms with E-state index in [1.807, 2.05) is 26.0 Å². The summed E-state index contributed by atoms with van der Waals surface area (Å²) in [5, 5.41) is 3.60. The molecule has 0 unspecified atom stereocenters. The van der Waals surface area contributed by atoms with Crippen LogP contribution in [0.1, 0.15) is 63.6 Å². The van der Waals surface area contributed by atoms with Gasteiger partial charge in [0.15, 0.2) is 0 Å². The number of rotatable bonds is 9. The van der Waals surface area contributed by atoms with Gasteiger partial charge in [-0.15, -0.1) is 0 Å². The molecule has 1 N–H and O–H groups in total. The Morgan fingerprint density at radius 1 is 1.00 bits per heavy atom. The van der Waals surface area contributed by atoms with Gasteiger partial charge in [-0.1, -0.05) is 31.6 Å². The molecule has 6 heteroatoms. The van der Waals surface area contributed by atoms with Gasteiger partial charge in [-0.3, -0.25) is 4.79 Å². The molecule has 3 aromatic rings. The van der Waals surface area contributed by atoms with Crippen LogP contribution in [0.3, 0.4) is 0 Å². The van der Waals surface area contributed by atoms with Crippen molar-refractivity contribution >= 4 is 17.2 Å². The van der Waals surface area contributed by atoms with E-state index in [9.17, 15) is 9.18 Å². The lowest BCUT2D eigenvalue weighted by Crippen LogP contribution is -2.32. The van der Waals surface area contributed by atoms with E-state index in [0.717, 1.165) is 51.9 Å². The Labute approximate surface area is 224 Å². The van der Waals surface area contributed by atoms with Gasteiger partial charge < -0.3 is 19.5 Å². The van der Waals surface area contributed by atoms with E-state index >= 15 is 0 Å². The van der Waals surface area contributed by atoms with Crippen LogP contribution in [0.15, 0.2) is 54.6 Å². The van der Waals surface area contributed by atoms with Crippen molar-refractivity contribution in [3.8, 4) is 28.4 Å². The van der Waals surface area contributed by atoms with Crippen LogP contribution in [0, 0.1) is 12.7 Å². The van der Waals surface area contributed by atoms with Crippen molar-refractivity contribution in [1.29, 1.82) is 0 Å². The van der Waals surface area contributed by atoms with Gasteiger partial charge in [0.1, 0.15) is 29.7 Å². The molecule has 0 saturated carbocycles. The van der Waals surface area contributed by atoms with E-state index in [0.29, 0.717) is 23.7 Å². The number of carbonyl (C=O) groups excluding carboxylic acids is 1. The number of unbranched alkanes of at least 4 members (excludes halogenated alkanes) is 1.